The number of carbonyl (C=O) groups is 1. The van der Waals surface area contributed by atoms with Gasteiger partial charge in [-0.15, -0.1) is 0 Å². The second kappa shape index (κ2) is 7.78. The largest absolute Gasteiger partial charge is 0.341 e. The van der Waals surface area contributed by atoms with Crippen LogP contribution in [0.3, 0.4) is 0 Å². The van der Waals surface area contributed by atoms with Crippen molar-refractivity contribution in [1.29, 1.82) is 0 Å². The second-order valence-electron chi connectivity index (χ2n) is 6.52. The fourth-order valence-corrected chi connectivity index (χ4v) is 4.72. The first-order valence-electron chi connectivity index (χ1n) is 8.42. The zero-order chi connectivity index (χ0) is 18.7. The Labute approximate surface area is 158 Å². The van der Waals surface area contributed by atoms with Crippen molar-refractivity contribution >= 4 is 27.3 Å². The first kappa shape index (κ1) is 18.9. The van der Waals surface area contributed by atoms with Crippen molar-refractivity contribution in [2.24, 2.45) is 11.7 Å². The van der Waals surface area contributed by atoms with E-state index in [9.17, 15) is 13.2 Å². The van der Waals surface area contributed by atoms with E-state index in [1.54, 1.807) is 4.90 Å². The summed E-state index contributed by atoms with van der Waals surface area (Å²) in [6.07, 6.45) is 0. The second-order valence-corrected chi connectivity index (χ2v) is 8.95. The number of rotatable bonds is 5. The van der Waals surface area contributed by atoms with Gasteiger partial charge in [0.15, 0.2) is 9.84 Å². The summed E-state index contributed by atoms with van der Waals surface area (Å²) in [7, 11) is -3.70. The van der Waals surface area contributed by atoms with Crippen molar-refractivity contribution < 1.29 is 13.2 Å². The van der Waals surface area contributed by atoms with Crippen LogP contribution >= 0.6 is 11.6 Å². The summed E-state index contributed by atoms with van der Waals surface area (Å²) < 4.78 is 25.0. The number of hydrogen-bond acceptors (Lipinski definition) is 4. The molecule has 0 spiro atoms. The van der Waals surface area contributed by atoms with Crippen LogP contribution in [-0.4, -0.2) is 44.6 Å². The molecule has 0 aliphatic carbocycles. The number of carbonyl (C=O) groups excluding carboxylic acids is 1. The smallest absolute Gasteiger partial charge is 0.238 e. The Morgan fingerprint density at radius 3 is 2.35 bits per heavy atom. The van der Waals surface area contributed by atoms with Gasteiger partial charge in [0.2, 0.25) is 5.91 Å². The van der Waals surface area contributed by atoms with E-state index in [1.165, 1.54) is 24.3 Å². The highest BCUT2D eigenvalue weighted by atomic mass is 35.5. The molecular weight excluding hydrogens is 372 g/mol. The average Bonchev–Trinajstić information content (AvgIpc) is 3.07. The minimum atomic E-state index is -3.70. The maximum absolute atomic E-state index is 12.6. The van der Waals surface area contributed by atoms with Crippen LogP contribution in [0, 0.1) is 5.92 Å². The summed E-state index contributed by atoms with van der Waals surface area (Å²) in [6, 6.07) is 15.7. The van der Waals surface area contributed by atoms with E-state index in [2.05, 4.69) is 0 Å². The van der Waals surface area contributed by atoms with E-state index < -0.39 is 21.5 Å². The molecular formula is C19H21ClN2O3S. The fourth-order valence-electron chi connectivity index (χ4n) is 3.37. The Hall–Kier alpha value is -1.89. The molecule has 0 radical (unpaired) electrons. The van der Waals surface area contributed by atoms with Gasteiger partial charge in [-0.1, -0.05) is 41.9 Å². The van der Waals surface area contributed by atoms with Crippen molar-refractivity contribution in [1.82, 2.24) is 4.90 Å². The van der Waals surface area contributed by atoms with Crippen molar-refractivity contribution in [2.45, 2.75) is 10.8 Å². The minimum Gasteiger partial charge on any atom is -0.341 e. The maximum Gasteiger partial charge on any atom is 0.238 e. The Bertz CT molecular complexity index is 869. The van der Waals surface area contributed by atoms with Gasteiger partial charge in [0.05, 0.1) is 4.90 Å². The summed E-state index contributed by atoms with van der Waals surface area (Å²) in [6.45, 7) is 1.42. The first-order chi connectivity index (χ1) is 12.4. The summed E-state index contributed by atoms with van der Waals surface area (Å²) in [5.41, 5.74) is 7.01. The van der Waals surface area contributed by atoms with E-state index in [0.717, 1.165) is 5.56 Å². The lowest BCUT2D eigenvalue weighted by atomic mass is 9.89. The first-order valence-corrected chi connectivity index (χ1v) is 10.4. The van der Waals surface area contributed by atoms with Crippen molar-refractivity contribution in [3.63, 3.8) is 0 Å². The third-order valence-corrected chi connectivity index (χ3v) is 6.68. The van der Waals surface area contributed by atoms with Gasteiger partial charge in [-0.2, -0.15) is 0 Å². The third kappa shape index (κ3) is 4.09. The number of halogens is 1. The van der Waals surface area contributed by atoms with Gasteiger partial charge in [0.1, 0.15) is 5.75 Å². The Balaban J connectivity index is 1.73. The van der Waals surface area contributed by atoms with Crippen LogP contribution in [0.5, 0.6) is 0 Å². The number of hydrogen-bond donors (Lipinski definition) is 1. The van der Waals surface area contributed by atoms with Crippen LogP contribution < -0.4 is 5.73 Å². The predicted octanol–water partition coefficient (Wildman–Crippen LogP) is 2.31. The van der Waals surface area contributed by atoms with E-state index >= 15 is 0 Å². The zero-order valence-corrected chi connectivity index (χ0v) is 15.8. The highest BCUT2D eigenvalue weighted by Crippen LogP contribution is 2.32. The molecule has 3 rings (SSSR count). The topological polar surface area (TPSA) is 80.5 Å². The summed E-state index contributed by atoms with van der Waals surface area (Å²) in [5.74, 6) is -0.687. The van der Waals surface area contributed by atoms with Crippen LogP contribution in [-0.2, 0) is 14.6 Å². The summed E-state index contributed by atoms with van der Waals surface area (Å²) in [4.78, 5) is 14.3. The van der Waals surface area contributed by atoms with Crippen LogP contribution in [0.15, 0.2) is 59.5 Å². The number of nitrogens with two attached hydrogens (primary N) is 1. The highest BCUT2D eigenvalue weighted by molar-refractivity contribution is 7.92. The van der Waals surface area contributed by atoms with Gasteiger partial charge in [0, 0.05) is 24.0 Å². The maximum atomic E-state index is 12.6. The molecule has 1 aliphatic rings. The molecule has 0 unspecified atom stereocenters. The molecule has 138 valence electrons. The Morgan fingerprint density at radius 1 is 1.08 bits per heavy atom. The molecule has 0 bridgehead atoms. The van der Waals surface area contributed by atoms with Gasteiger partial charge < -0.3 is 10.6 Å². The van der Waals surface area contributed by atoms with Gasteiger partial charge in [-0.25, -0.2) is 8.42 Å². The standard InChI is InChI=1S/C19H21ClN2O3S/c20-16-6-8-17(9-7-16)26(24,25)13-19(23)22-11-15(10-21)18(12-22)14-4-2-1-3-5-14/h1-9,15,18H,10-13,21H2/t15-,18+/m1/s1. The molecule has 7 heteroatoms. The lowest BCUT2D eigenvalue weighted by Gasteiger charge is -2.17. The quantitative estimate of drug-likeness (QED) is 0.846. The van der Waals surface area contributed by atoms with Crippen LogP contribution in [0.4, 0.5) is 0 Å². The minimum absolute atomic E-state index is 0.101. The highest BCUT2D eigenvalue weighted by Gasteiger charge is 2.36. The molecule has 1 fully saturated rings. The molecule has 2 atom stereocenters. The van der Waals surface area contributed by atoms with E-state index in [1.807, 2.05) is 30.3 Å². The van der Waals surface area contributed by atoms with Crippen molar-refractivity contribution in [2.75, 3.05) is 25.4 Å². The van der Waals surface area contributed by atoms with Crippen LogP contribution in [0.1, 0.15) is 11.5 Å². The third-order valence-electron chi connectivity index (χ3n) is 4.81. The lowest BCUT2D eigenvalue weighted by Crippen LogP contribution is -2.34. The van der Waals surface area contributed by atoms with Gasteiger partial charge in [0.25, 0.3) is 0 Å². The van der Waals surface area contributed by atoms with Gasteiger partial charge in [-0.3, -0.25) is 4.79 Å². The molecule has 1 amide bonds. The number of sulfone groups is 1. The predicted molar refractivity (Wildman–Crippen MR) is 102 cm³/mol. The van der Waals surface area contributed by atoms with Crippen LogP contribution in [0.25, 0.3) is 0 Å². The molecule has 26 heavy (non-hydrogen) atoms. The Morgan fingerprint density at radius 2 is 1.73 bits per heavy atom. The average molecular weight is 393 g/mol. The van der Waals surface area contributed by atoms with Gasteiger partial charge in [-0.05, 0) is 42.3 Å². The van der Waals surface area contributed by atoms with Gasteiger partial charge >= 0.3 is 0 Å². The number of nitrogens with zero attached hydrogens (tertiary/aromatic N) is 1. The van der Waals surface area contributed by atoms with E-state index in [-0.39, 0.29) is 16.7 Å². The number of amides is 1. The van der Waals surface area contributed by atoms with Crippen molar-refractivity contribution in [3.05, 3.63) is 65.2 Å². The lowest BCUT2D eigenvalue weighted by molar-refractivity contribution is -0.127. The SMILES string of the molecule is NC[C@@H]1CN(C(=O)CS(=O)(=O)c2ccc(Cl)cc2)C[C@H]1c1ccccc1. The molecule has 2 N–H and O–H groups in total. The molecule has 1 heterocycles. The molecule has 0 saturated carbocycles. The van der Waals surface area contributed by atoms with E-state index in [4.69, 9.17) is 17.3 Å². The Kier molecular flexibility index (Phi) is 5.65. The molecule has 1 aliphatic heterocycles. The zero-order valence-electron chi connectivity index (χ0n) is 14.2. The summed E-state index contributed by atoms with van der Waals surface area (Å²) >= 11 is 5.80. The normalized spacial score (nSPS) is 20.3. The summed E-state index contributed by atoms with van der Waals surface area (Å²) in [5, 5.41) is 0.450. The fraction of sp³-hybridized carbons (Fsp3) is 0.316. The molecule has 0 aromatic heterocycles. The van der Waals surface area contributed by atoms with Crippen molar-refractivity contribution in [3.8, 4) is 0 Å². The molecule has 5 nitrogen and oxygen atoms in total. The van der Waals surface area contributed by atoms with E-state index in [0.29, 0.717) is 24.7 Å². The van der Waals surface area contributed by atoms with Crippen LogP contribution in [0.2, 0.25) is 5.02 Å². The molecule has 2 aromatic rings. The monoisotopic (exact) mass is 392 g/mol. The number of benzene rings is 2. The number of likely N-dealkylation sites (tertiary alicyclic amines) is 1. The molecule has 2 aromatic carbocycles. The molecule has 1 saturated heterocycles.